The summed E-state index contributed by atoms with van der Waals surface area (Å²) in [5.41, 5.74) is 7.32. The molecule has 4 rings (SSSR count). The smallest absolute Gasteiger partial charge is 0.118 e. The van der Waals surface area contributed by atoms with Crippen molar-refractivity contribution in [2.75, 3.05) is 14.2 Å². The highest BCUT2D eigenvalue weighted by Crippen LogP contribution is 2.56. The van der Waals surface area contributed by atoms with Crippen molar-refractivity contribution in [1.29, 1.82) is 0 Å². The zero-order valence-corrected chi connectivity index (χ0v) is 17.4. The summed E-state index contributed by atoms with van der Waals surface area (Å²) >= 11 is 0. The molecule has 0 saturated carbocycles. The lowest BCUT2D eigenvalue weighted by Gasteiger charge is -2.34. The van der Waals surface area contributed by atoms with Crippen LogP contribution in [0.3, 0.4) is 0 Å². The summed E-state index contributed by atoms with van der Waals surface area (Å²) in [5, 5.41) is 0. The van der Waals surface area contributed by atoms with E-state index in [1.165, 1.54) is 33.4 Å². The second-order valence-electron chi connectivity index (χ2n) is 7.40. The van der Waals surface area contributed by atoms with Crippen LogP contribution in [0.25, 0.3) is 11.1 Å². The SMILES string of the molecule is CO/C(C)=C/C=C(\C)C1(c2ccc(OC)cc2)c2ccccc2-c2ccccc21. The van der Waals surface area contributed by atoms with Crippen molar-refractivity contribution in [1.82, 2.24) is 0 Å². The van der Waals surface area contributed by atoms with E-state index in [-0.39, 0.29) is 5.41 Å². The lowest BCUT2D eigenvalue weighted by Crippen LogP contribution is -2.28. The normalized spacial score (nSPS) is 14.9. The van der Waals surface area contributed by atoms with Gasteiger partial charge in [0.15, 0.2) is 0 Å². The highest BCUT2D eigenvalue weighted by molar-refractivity contribution is 5.85. The number of allylic oxidation sites excluding steroid dienone is 4. The van der Waals surface area contributed by atoms with E-state index < -0.39 is 0 Å². The number of rotatable bonds is 5. The van der Waals surface area contributed by atoms with Gasteiger partial charge < -0.3 is 9.47 Å². The number of hydrogen-bond acceptors (Lipinski definition) is 2. The van der Waals surface area contributed by atoms with Gasteiger partial charge in [0.05, 0.1) is 25.4 Å². The van der Waals surface area contributed by atoms with Crippen molar-refractivity contribution in [3.05, 3.63) is 113 Å². The van der Waals surface area contributed by atoms with Gasteiger partial charge in [-0.05, 0) is 59.9 Å². The summed E-state index contributed by atoms with van der Waals surface area (Å²) in [5.74, 6) is 1.74. The van der Waals surface area contributed by atoms with Gasteiger partial charge in [-0.2, -0.15) is 0 Å². The molecule has 0 fully saturated rings. The maximum absolute atomic E-state index is 5.42. The molecule has 0 unspecified atom stereocenters. The van der Waals surface area contributed by atoms with Gasteiger partial charge in [-0.3, -0.25) is 0 Å². The molecule has 0 radical (unpaired) electrons. The minimum absolute atomic E-state index is 0.357. The van der Waals surface area contributed by atoms with Gasteiger partial charge in [0, 0.05) is 0 Å². The third kappa shape index (κ3) is 2.96. The summed E-state index contributed by atoms with van der Waals surface area (Å²) < 4.78 is 10.8. The Bertz CT molecular complexity index is 1040. The van der Waals surface area contributed by atoms with E-state index in [1.807, 2.05) is 25.1 Å². The largest absolute Gasteiger partial charge is 0.501 e. The minimum atomic E-state index is -0.357. The molecule has 0 amide bonds. The van der Waals surface area contributed by atoms with Gasteiger partial charge in [0.2, 0.25) is 0 Å². The molecule has 0 heterocycles. The first kappa shape index (κ1) is 19.1. The average molecular weight is 383 g/mol. The Hall–Kier alpha value is -3.26. The van der Waals surface area contributed by atoms with Crippen molar-refractivity contribution >= 4 is 0 Å². The Morgan fingerprint density at radius 2 is 1.28 bits per heavy atom. The molecule has 1 aliphatic rings. The van der Waals surface area contributed by atoms with Crippen LogP contribution in [0.2, 0.25) is 0 Å². The third-order valence-corrected chi connectivity index (χ3v) is 5.96. The van der Waals surface area contributed by atoms with E-state index in [0.29, 0.717) is 0 Å². The molecule has 0 aromatic heterocycles. The number of ether oxygens (including phenoxy) is 2. The summed E-state index contributed by atoms with van der Waals surface area (Å²) in [4.78, 5) is 0. The summed E-state index contributed by atoms with van der Waals surface area (Å²) in [7, 11) is 3.41. The lowest BCUT2D eigenvalue weighted by molar-refractivity contribution is 0.293. The number of fused-ring (bicyclic) bond motifs is 3. The van der Waals surface area contributed by atoms with E-state index in [4.69, 9.17) is 9.47 Å². The van der Waals surface area contributed by atoms with E-state index >= 15 is 0 Å². The van der Waals surface area contributed by atoms with Gasteiger partial charge in [-0.15, -0.1) is 0 Å². The fourth-order valence-electron chi connectivity index (χ4n) is 4.47. The van der Waals surface area contributed by atoms with E-state index in [1.54, 1.807) is 14.2 Å². The van der Waals surface area contributed by atoms with Gasteiger partial charge in [0.1, 0.15) is 5.75 Å². The molecule has 0 N–H and O–H groups in total. The maximum atomic E-state index is 5.42. The average Bonchev–Trinajstić information content (AvgIpc) is 3.09. The second kappa shape index (κ2) is 7.63. The molecule has 1 aliphatic carbocycles. The molecular weight excluding hydrogens is 356 g/mol. The third-order valence-electron chi connectivity index (χ3n) is 5.96. The highest BCUT2D eigenvalue weighted by Gasteiger charge is 2.45. The van der Waals surface area contributed by atoms with Crippen molar-refractivity contribution < 1.29 is 9.47 Å². The molecule has 2 nitrogen and oxygen atoms in total. The quantitative estimate of drug-likeness (QED) is 0.370. The van der Waals surface area contributed by atoms with Crippen LogP contribution in [0.15, 0.2) is 96.3 Å². The molecule has 0 aliphatic heterocycles. The number of methoxy groups -OCH3 is 2. The second-order valence-corrected chi connectivity index (χ2v) is 7.40. The molecule has 29 heavy (non-hydrogen) atoms. The van der Waals surface area contributed by atoms with Crippen LogP contribution >= 0.6 is 0 Å². The zero-order chi connectivity index (χ0) is 20.4. The van der Waals surface area contributed by atoms with E-state index in [0.717, 1.165) is 11.5 Å². The molecule has 3 aromatic carbocycles. The van der Waals surface area contributed by atoms with Crippen LogP contribution in [-0.2, 0) is 10.2 Å². The first-order valence-corrected chi connectivity index (χ1v) is 9.86. The predicted octanol–water partition coefficient (Wildman–Crippen LogP) is 6.51. The van der Waals surface area contributed by atoms with Gasteiger partial charge in [0.25, 0.3) is 0 Å². The standard InChI is InChI=1S/C27H26O2/c1-19(13-14-20(2)28-3)27(21-15-17-22(29-4)18-16-21)25-11-7-5-9-23(25)24-10-6-8-12-26(24)27/h5-18H,1-4H3/b19-13+,20-14+. The lowest BCUT2D eigenvalue weighted by atomic mass is 9.67. The van der Waals surface area contributed by atoms with Crippen LogP contribution in [0, 0.1) is 0 Å². The van der Waals surface area contributed by atoms with Gasteiger partial charge in [-0.1, -0.05) is 72.3 Å². The minimum Gasteiger partial charge on any atom is -0.501 e. The summed E-state index contributed by atoms with van der Waals surface area (Å²) in [6, 6.07) is 25.9. The number of hydrogen-bond donors (Lipinski definition) is 0. The molecule has 0 saturated heterocycles. The first-order chi connectivity index (χ1) is 14.1. The molecule has 146 valence electrons. The predicted molar refractivity (Wildman–Crippen MR) is 119 cm³/mol. The maximum Gasteiger partial charge on any atom is 0.118 e. The van der Waals surface area contributed by atoms with Crippen LogP contribution < -0.4 is 4.74 Å². The zero-order valence-electron chi connectivity index (χ0n) is 17.4. The number of benzene rings is 3. The summed E-state index contributed by atoms with van der Waals surface area (Å²) in [6.45, 7) is 4.18. The van der Waals surface area contributed by atoms with Crippen molar-refractivity contribution in [3.63, 3.8) is 0 Å². The molecule has 3 aromatic rings. The van der Waals surface area contributed by atoms with E-state index in [2.05, 4.69) is 73.7 Å². The molecular formula is C27H26O2. The fraction of sp³-hybridized carbons (Fsp3) is 0.185. The van der Waals surface area contributed by atoms with Crippen LogP contribution in [0.4, 0.5) is 0 Å². The summed E-state index contributed by atoms with van der Waals surface area (Å²) in [6.07, 6.45) is 4.23. The Morgan fingerprint density at radius 3 is 1.79 bits per heavy atom. The van der Waals surface area contributed by atoms with Crippen LogP contribution in [-0.4, -0.2) is 14.2 Å². The van der Waals surface area contributed by atoms with Gasteiger partial charge >= 0.3 is 0 Å². The topological polar surface area (TPSA) is 18.5 Å². The Morgan fingerprint density at radius 1 is 0.724 bits per heavy atom. The Labute approximate surface area is 173 Å². The van der Waals surface area contributed by atoms with Crippen molar-refractivity contribution in [2.45, 2.75) is 19.3 Å². The highest BCUT2D eigenvalue weighted by atomic mass is 16.5. The molecule has 0 bridgehead atoms. The van der Waals surface area contributed by atoms with Crippen molar-refractivity contribution in [3.8, 4) is 16.9 Å². The van der Waals surface area contributed by atoms with Gasteiger partial charge in [-0.25, -0.2) is 0 Å². The molecule has 0 spiro atoms. The van der Waals surface area contributed by atoms with Crippen molar-refractivity contribution in [2.24, 2.45) is 0 Å². The molecule has 0 atom stereocenters. The molecule has 2 heteroatoms. The van der Waals surface area contributed by atoms with Crippen LogP contribution in [0.5, 0.6) is 5.75 Å². The monoisotopic (exact) mass is 382 g/mol. The van der Waals surface area contributed by atoms with Crippen LogP contribution in [0.1, 0.15) is 30.5 Å². The first-order valence-electron chi connectivity index (χ1n) is 9.86. The Kier molecular flexibility index (Phi) is 5.02. The Balaban J connectivity index is 2.06. The van der Waals surface area contributed by atoms with E-state index in [9.17, 15) is 0 Å². The fourth-order valence-corrected chi connectivity index (χ4v) is 4.47.